The van der Waals surface area contributed by atoms with Crippen molar-refractivity contribution in [2.45, 2.75) is 13.8 Å². The number of carbonyl (C=O) groups excluding carboxylic acids is 1. The Labute approximate surface area is 186 Å². The minimum absolute atomic E-state index is 0.291. The maximum absolute atomic E-state index is 12.3. The van der Waals surface area contributed by atoms with E-state index in [1.807, 2.05) is 74.5 Å². The van der Waals surface area contributed by atoms with Gasteiger partial charge in [0.25, 0.3) is 0 Å². The first-order valence-electron chi connectivity index (χ1n) is 10.1. The Bertz CT molecular complexity index is 1210. The molecule has 0 spiro atoms. The Kier molecular flexibility index (Phi) is 6.22. The van der Waals surface area contributed by atoms with Crippen molar-refractivity contribution in [2.75, 3.05) is 21.3 Å². The van der Waals surface area contributed by atoms with Crippen LogP contribution in [0.25, 0.3) is 0 Å². The number of amides is 2. The number of pyridine rings is 1. The molecule has 160 valence electrons. The van der Waals surface area contributed by atoms with Crippen LogP contribution >= 0.6 is 0 Å². The van der Waals surface area contributed by atoms with E-state index in [1.165, 1.54) is 6.33 Å². The van der Waals surface area contributed by atoms with Crippen molar-refractivity contribution in [3.8, 4) is 0 Å². The number of aryl methyl sites for hydroxylation is 1. The summed E-state index contributed by atoms with van der Waals surface area (Å²) in [5, 5.41) is 12.1. The summed E-state index contributed by atoms with van der Waals surface area (Å²) in [5.41, 5.74) is 4.47. The SMILES string of the molecule is Cc1cccc(NC(=O)Nc2ccc(Nc3cc(Nc4ccccn4)ncn3)cc2)c1C. The number of hydrogen-bond acceptors (Lipinski definition) is 6. The highest BCUT2D eigenvalue weighted by Gasteiger charge is 2.07. The van der Waals surface area contributed by atoms with Crippen molar-refractivity contribution >= 4 is 40.5 Å². The number of urea groups is 1. The van der Waals surface area contributed by atoms with E-state index in [4.69, 9.17) is 0 Å². The number of rotatable bonds is 6. The van der Waals surface area contributed by atoms with Crippen molar-refractivity contribution < 1.29 is 4.79 Å². The molecule has 32 heavy (non-hydrogen) atoms. The van der Waals surface area contributed by atoms with E-state index in [1.54, 1.807) is 12.3 Å². The summed E-state index contributed by atoms with van der Waals surface area (Å²) in [5.74, 6) is 1.96. The molecule has 0 bridgehead atoms. The highest BCUT2D eigenvalue weighted by Crippen LogP contribution is 2.21. The van der Waals surface area contributed by atoms with Gasteiger partial charge in [0.1, 0.15) is 23.8 Å². The molecule has 2 aromatic heterocycles. The molecule has 0 aliphatic heterocycles. The van der Waals surface area contributed by atoms with E-state index >= 15 is 0 Å². The summed E-state index contributed by atoms with van der Waals surface area (Å²) in [6.45, 7) is 4.00. The third-order valence-electron chi connectivity index (χ3n) is 4.86. The summed E-state index contributed by atoms with van der Waals surface area (Å²) in [6, 6.07) is 20.3. The van der Waals surface area contributed by atoms with Crippen molar-refractivity contribution in [1.82, 2.24) is 15.0 Å². The fourth-order valence-corrected chi connectivity index (χ4v) is 3.02. The molecule has 2 amide bonds. The van der Waals surface area contributed by atoms with Crippen LogP contribution in [0.2, 0.25) is 0 Å². The third kappa shape index (κ3) is 5.37. The van der Waals surface area contributed by atoms with Crippen molar-refractivity contribution in [1.29, 1.82) is 0 Å². The van der Waals surface area contributed by atoms with Crippen molar-refractivity contribution in [2.24, 2.45) is 0 Å². The van der Waals surface area contributed by atoms with Gasteiger partial charge in [-0.3, -0.25) is 0 Å². The normalized spacial score (nSPS) is 10.3. The van der Waals surface area contributed by atoms with Crippen LogP contribution in [0.4, 0.5) is 39.3 Å². The molecule has 0 aliphatic rings. The summed E-state index contributed by atoms with van der Waals surface area (Å²) in [4.78, 5) is 25.0. The Morgan fingerprint density at radius 1 is 0.719 bits per heavy atom. The average Bonchev–Trinajstić information content (AvgIpc) is 2.79. The minimum Gasteiger partial charge on any atom is -0.340 e. The molecule has 0 radical (unpaired) electrons. The zero-order valence-corrected chi connectivity index (χ0v) is 17.8. The zero-order valence-electron chi connectivity index (χ0n) is 17.8. The number of benzene rings is 2. The Morgan fingerprint density at radius 2 is 1.47 bits per heavy atom. The molecule has 0 atom stereocenters. The second kappa shape index (κ2) is 9.57. The Morgan fingerprint density at radius 3 is 2.22 bits per heavy atom. The lowest BCUT2D eigenvalue weighted by Crippen LogP contribution is -2.20. The minimum atomic E-state index is -0.291. The van der Waals surface area contributed by atoms with E-state index in [0.29, 0.717) is 23.1 Å². The average molecular weight is 425 g/mol. The predicted octanol–water partition coefficient (Wildman–Crippen LogP) is 5.62. The van der Waals surface area contributed by atoms with Gasteiger partial charge in [0.05, 0.1) is 0 Å². The van der Waals surface area contributed by atoms with Crippen molar-refractivity contribution in [3.05, 3.63) is 90.4 Å². The second-order valence-corrected chi connectivity index (χ2v) is 7.16. The monoisotopic (exact) mass is 425 g/mol. The van der Waals surface area contributed by atoms with Gasteiger partial charge in [0.15, 0.2) is 0 Å². The predicted molar refractivity (Wildman–Crippen MR) is 128 cm³/mol. The maximum Gasteiger partial charge on any atom is 0.323 e. The summed E-state index contributed by atoms with van der Waals surface area (Å²) < 4.78 is 0. The largest absolute Gasteiger partial charge is 0.340 e. The van der Waals surface area contributed by atoms with E-state index in [0.717, 1.165) is 22.5 Å². The number of nitrogens with zero attached hydrogens (tertiary/aromatic N) is 3. The van der Waals surface area contributed by atoms with E-state index < -0.39 is 0 Å². The first-order valence-corrected chi connectivity index (χ1v) is 10.1. The summed E-state index contributed by atoms with van der Waals surface area (Å²) in [7, 11) is 0. The van der Waals surface area contributed by atoms with Crippen molar-refractivity contribution in [3.63, 3.8) is 0 Å². The Hall–Kier alpha value is -4.46. The third-order valence-corrected chi connectivity index (χ3v) is 4.86. The smallest absolute Gasteiger partial charge is 0.323 e. The molecular formula is C24H23N7O. The molecule has 2 heterocycles. The second-order valence-electron chi connectivity index (χ2n) is 7.16. The number of carbonyl (C=O) groups is 1. The number of aromatic nitrogens is 3. The van der Waals surface area contributed by atoms with Gasteiger partial charge in [-0.05, 0) is 67.4 Å². The van der Waals surface area contributed by atoms with Crippen LogP contribution < -0.4 is 21.3 Å². The fraction of sp³-hybridized carbons (Fsp3) is 0.0833. The van der Waals surface area contributed by atoms with E-state index in [2.05, 4.69) is 36.2 Å². The molecule has 0 fully saturated rings. The molecule has 0 unspecified atom stereocenters. The van der Waals surface area contributed by atoms with Gasteiger partial charge in [-0.2, -0.15) is 0 Å². The first kappa shape index (κ1) is 20.8. The van der Waals surface area contributed by atoms with Gasteiger partial charge in [0.2, 0.25) is 0 Å². The lowest BCUT2D eigenvalue weighted by atomic mass is 10.1. The molecule has 0 saturated heterocycles. The van der Waals surface area contributed by atoms with Gasteiger partial charge in [-0.15, -0.1) is 0 Å². The molecule has 4 rings (SSSR count). The van der Waals surface area contributed by atoms with Gasteiger partial charge < -0.3 is 21.3 Å². The number of anilines is 6. The van der Waals surface area contributed by atoms with E-state index in [-0.39, 0.29) is 6.03 Å². The number of hydrogen-bond donors (Lipinski definition) is 4. The van der Waals surface area contributed by atoms with Gasteiger partial charge in [-0.25, -0.2) is 19.7 Å². The van der Waals surface area contributed by atoms with Crippen LogP contribution in [0.5, 0.6) is 0 Å². The van der Waals surface area contributed by atoms with Crippen LogP contribution in [0.15, 0.2) is 79.3 Å². The van der Waals surface area contributed by atoms with E-state index in [9.17, 15) is 4.79 Å². The standard InChI is InChI=1S/C24H23N7O/c1-16-6-5-7-20(17(16)2)30-24(32)29-19-11-9-18(10-12-19)28-22-14-23(27-15-26-22)31-21-8-3-4-13-25-21/h3-15H,1-2H3,(H2,29,30,32)(H2,25,26,27,28,31). The molecule has 4 aromatic rings. The molecule has 0 aliphatic carbocycles. The molecule has 0 saturated carbocycles. The maximum atomic E-state index is 12.3. The number of nitrogens with one attached hydrogen (secondary N) is 4. The first-order chi connectivity index (χ1) is 15.6. The van der Waals surface area contributed by atoms with Gasteiger partial charge in [-0.1, -0.05) is 18.2 Å². The lowest BCUT2D eigenvalue weighted by Gasteiger charge is -2.12. The highest BCUT2D eigenvalue weighted by atomic mass is 16.2. The molecule has 2 aromatic carbocycles. The Balaban J connectivity index is 1.36. The zero-order chi connectivity index (χ0) is 22.3. The molecular weight excluding hydrogens is 402 g/mol. The summed E-state index contributed by atoms with van der Waals surface area (Å²) >= 11 is 0. The lowest BCUT2D eigenvalue weighted by molar-refractivity contribution is 0.262. The molecule has 8 nitrogen and oxygen atoms in total. The van der Waals surface area contributed by atoms with Crippen LogP contribution in [-0.4, -0.2) is 21.0 Å². The summed E-state index contributed by atoms with van der Waals surface area (Å²) in [6.07, 6.45) is 3.18. The fourth-order valence-electron chi connectivity index (χ4n) is 3.02. The van der Waals surface area contributed by atoms with Crippen LogP contribution in [-0.2, 0) is 0 Å². The van der Waals surface area contributed by atoms with Crippen LogP contribution in [0.1, 0.15) is 11.1 Å². The van der Waals surface area contributed by atoms with Gasteiger partial charge >= 0.3 is 6.03 Å². The van der Waals surface area contributed by atoms with Crippen LogP contribution in [0, 0.1) is 13.8 Å². The molecule has 4 N–H and O–H groups in total. The topological polar surface area (TPSA) is 104 Å². The highest BCUT2D eigenvalue weighted by molar-refractivity contribution is 6.00. The van der Waals surface area contributed by atoms with Crippen LogP contribution in [0.3, 0.4) is 0 Å². The van der Waals surface area contributed by atoms with Gasteiger partial charge in [0, 0.05) is 29.3 Å². The molecule has 8 heteroatoms. The quantitative estimate of drug-likeness (QED) is 0.320.